The molecule has 1 aromatic rings. The third-order valence-electron chi connectivity index (χ3n) is 5.70. The van der Waals surface area contributed by atoms with Gasteiger partial charge in [0.1, 0.15) is 0 Å². The number of carbonyl (C=O) groups is 2. The summed E-state index contributed by atoms with van der Waals surface area (Å²) in [5.41, 5.74) is 1.29. The summed E-state index contributed by atoms with van der Waals surface area (Å²) in [4.78, 5) is 24.9. The first-order valence-corrected chi connectivity index (χ1v) is 9.77. The highest BCUT2D eigenvalue weighted by atomic mass is 16.2. The third kappa shape index (κ3) is 4.85. The average molecular weight is 353 g/mol. The van der Waals surface area contributed by atoms with Crippen LogP contribution in [0.1, 0.15) is 63.4 Å². The molecule has 0 saturated heterocycles. The predicted molar refractivity (Wildman–Crippen MR) is 100 cm³/mol. The molecule has 2 saturated carbocycles. The molecule has 2 aliphatic rings. The van der Waals surface area contributed by atoms with E-state index in [4.69, 9.17) is 5.26 Å². The largest absolute Gasteiger partial charge is 0.353 e. The van der Waals surface area contributed by atoms with Crippen molar-refractivity contribution in [3.05, 3.63) is 29.8 Å². The van der Waals surface area contributed by atoms with Crippen LogP contribution < -0.4 is 10.6 Å². The maximum absolute atomic E-state index is 12.5. The van der Waals surface area contributed by atoms with Gasteiger partial charge in [0.2, 0.25) is 11.8 Å². The number of hydrogen-bond acceptors (Lipinski definition) is 3. The predicted octanol–water partition coefficient (Wildman–Crippen LogP) is 3.75. The molecule has 0 heterocycles. The zero-order chi connectivity index (χ0) is 18.4. The van der Waals surface area contributed by atoms with E-state index in [-0.39, 0.29) is 23.7 Å². The van der Waals surface area contributed by atoms with Gasteiger partial charge in [0.25, 0.3) is 0 Å². The van der Waals surface area contributed by atoms with Gasteiger partial charge in [-0.1, -0.05) is 19.3 Å². The molecular formula is C21H27N3O2. The Balaban J connectivity index is 1.44. The maximum Gasteiger partial charge on any atom is 0.227 e. The number of rotatable bonds is 4. The Morgan fingerprint density at radius 2 is 1.42 bits per heavy atom. The summed E-state index contributed by atoms with van der Waals surface area (Å²) in [6.45, 7) is 0. The minimum atomic E-state index is -0.0376. The van der Waals surface area contributed by atoms with Gasteiger partial charge in [-0.15, -0.1) is 0 Å². The SMILES string of the molecule is N#Cc1ccc(NC(=O)C2CCC(C(=O)NC3CCCCC3)CC2)cc1. The summed E-state index contributed by atoms with van der Waals surface area (Å²) in [5, 5.41) is 15.0. The zero-order valence-electron chi connectivity index (χ0n) is 15.2. The van der Waals surface area contributed by atoms with Gasteiger partial charge in [0.05, 0.1) is 11.6 Å². The Hall–Kier alpha value is -2.35. The Bertz CT molecular complexity index is 663. The molecule has 2 N–H and O–H groups in total. The molecular weight excluding hydrogens is 326 g/mol. The van der Waals surface area contributed by atoms with Gasteiger partial charge in [0, 0.05) is 23.6 Å². The molecule has 2 fully saturated rings. The summed E-state index contributed by atoms with van der Waals surface area (Å²) in [7, 11) is 0. The molecule has 0 bridgehead atoms. The summed E-state index contributed by atoms with van der Waals surface area (Å²) < 4.78 is 0. The first-order valence-electron chi connectivity index (χ1n) is 9.77. The molecule has 0 spiro atoms. The summed E-state index contributed by atoms with van der Waals surface area (Å²) in [5.74, 6) is 0.212. The fourth-order valence-corrected chi connectivity index (χ4v) is 4.06. The van der Waals surface area contributed by atoms with Gasteiger partial charge in [-0.05, 0) is 62.8 Å². The van der Waals surface area contributed by atoms with Crippen molar-refractivity contribution in [2.45, 2.75) is 63.8 Å². The molecule has 0 aliphatic heterocycles. The number of carbonyl (C=O) groups excluding carboxylic acids is 2. The van der Waals surface area contributed by atoms with Gasteiger partial charge in [0.15, 0.2) is 0 Å². The fourth-order valence-electron chi connectivity index (χ4n) is 4.06. The van der Waals surface area contributed by atoms with Crippen molar-refractivity contribution in [1.29, 1.82) is 5.26 Å². The molecule has 0 radical (unpaired) electrons. The summed E-state index contributed by atoms with van der Waals surface area (Å²) in [6, 6.07) is 9.31. The maximum atomic E-state index is 12.5. The highest BCUT2D eigenvalue weighted by molar-refractivity contribution is 5.92. The monoisotopic (exact) mass is 353 g/mol. The van der Waals surface area contributed by atoms with Gasteiger partial charge >= 0.3 is 0 Å². The van der Waals surface area contributed by atoms with E-state index in [1.54, 1.807) is 24.3 Å². The molecule has 138 valence electrons. The van der Waals surface area contributed by atoms with Crippen LogP contribution in [0.2, 0.25) is 0 Å². The number of nitriles is 1. The van der Waals surface area contributed by atoms with Crippen LogP contribution in [0.3, 0.4) is 0 Å². The van der Waals surface area contributed by atoms with Gasteiger partial charge in [-0.25, -0.2) is 0 Å². The molecule has 2 amide bonds. The minimum absolute atomic E-state index is 0.0147. The van der Waals surface area contributed by atoms with Crippen LogP contribution in [0.15, 0.2) is 24.3 Å². The van der Waals surface area contributed by atoms with E-state index in [9.17, 15) is 9.59 Å². The van der Waals surface area contributed by atoms with Crippen molar-refractivity contribution in [2.75, 3.05) is 5.32 Å². The first-order chi connectivity index (χ1) is 12.7. The molecule has 1 aromatic carbocycles. The average Bonchev–Trinajstić information content (AvgIpc) is 2.69. The van der Waals surface area contributed by atoms with E-state index in [1.807, 2.05) is 0 Å². The van der Waals surface area contributed by atoms with Crippen molar-refractivity contribution in [3.8, 4) is 6.07 Å². The lowest BCUT2D eigenvalue weighted by molar-refractivity contribution is -0.129. The van der Waals surface area contributed by atoms with Crippen molar-refractivity contribution < 1.29 is 9.59 Å². The molecule has 3 rings (SSSR count). The number of anilines is 1. The molecule has 2 aliphatic carbocycles. The number of amides is 2. The van der Waals surface area contributed by atoms with Crippen LogP contribution in [-0.4, -0.2) is 17.9 Å². The van der Waals surface area contributed by atoms with E-state index >= 15 is 0 Å². The van der Waals surface area contributed by atoms with Crippen LogP contribution in [-0.2, 0) is 9.59 Å². The van der Waals surface area contributed by atoms with E-state index < -0.39 is 0 Å². The van der Waals surface area contributed by atoms with Gasteiger partial charge < -0.3 is 10.6 Å². The van der Waals surface area contributed by atoms with Crippen LogP contribution >= 0.6 is 0 Å². The standard InChI is InChI=1S/C21H27N3O2/c22-14-15-6-12-19(13-7-15)24-21(26)17-10-8-16(9-11-17)20(25)23-18-4-2-1-3-5-18/h6-7,12-13,16-18H,1-5,8-11H2,(H,23,25)(H,24,26). The van der Waals surface area contributed by atoms with E-state index in [0.29, 0.717) is 17.3 Å². The number of nitrogens with one attached hydrogen (secondary N) is 2. The highest BCUT2D eigenvalue weighted by Crippen LogP contribution is 2.30. The first kappa shape index (κ1) is 18.4. The molecule has 5 nitrogen and oxygen atoms in total. The van der Waals surface area contributed by atoms with Crippen molar-refractivity contribution in [2.24, 2.45) is 11.8 Å². The van der Waals surface area contributed by atoms with Crippen molar-refractivity contribution in [3.63, 3.8) is 0 Å². The normalized spacial score (nSPS) is 23.7. The fraction of sp³-hybridized carbons (Fsp3) is 0.571. The Labute approximate surface area is 155 Å². The zero-order valence-corrected chi connectivity index (χ0v) is 15.2. The second-order valence-corrected chi connectivity index (χ2v) is 7.57. The van der Waals surface area contributed by atoms with Gasteiger partial charge in [-0.2, -0.15) is 5.26 Å². The Kier molecular flexibility index (Phi) is 6.27. The Morgan fingerprint density at radius 3 is 2.00 bits per heavy atom. The van der Waals surface area contributed by atoms with E-state index in [2.05, 4.69) is 16.7 Å². The van der Waals surface area contributed by atoms with Crippen LogP contribution in [0.4, 0.5) is 5.69 Å². The second-order valence-electron chi connectivity index (χ2n) is 7.57. The number of benzene rings is 1. The van der Waals surface area contributed by atoms with E-state index in [1.165, 1.54) is 19.3 Å². The van der Waals surface area contributed by atoms with Crippen LogP contribution in [0, 0.1) is 23.2 Å². The lowest BCUT2D eigenvalue weighted by atomic mass is 9.80. The number of hydrogen-bond donors (Lipinski definition) is 2. The van der Waals surface area contributed by atoms with Crippen LogP contribution in [0.25, 0.3) is 0 Å². The lowest BCUT2D eigenvalue weighted by Gasteiger charge is -2.29. The Morgan fingerprint density at radius 1 is 0.846 bits per heavy atom. The topological polar surface area (TPSA) is 82.0 Å². The molecule has 5 heteroatoms. The summed E-state index contributed by atoms with van der Waals surface area (Å²) >= 11 is 0. The quantitative estimate of drug-likeness (QED) is 0.865. The smallest absolute Gasteiger partial charge is 0.227 e. The second kappa shape index (κ2) is 8.84. The molecule has 0 unspecified atom stereocenters. The van der Waals surface area contributed by atoms with Crippen LogP contribution in [0.5, 0.6) is 0 Å². The molecule has 0 atom stereocenters. The minimum Gasteiger partial charge on any atom is -0.353 e. The van der Waals surface area contributed by atoms with E-state index in [0.717, 1.165) is 38.5 Å². The lowest BCUT2D eigenvalue weighted by Crippen LogP contribution is -2.41. The molecule has 0 aromatic heterocycles. The summed E-state index contributed by atoms with van der Waals surface area (Å²) in [6.07, 6.45) is 9.00. The van der Waals surface area contributed by atoms with Gasteiger partial charge in [-0.3, -0.25) is 9.59 Å². The number of nitrogens with zero attached hydrogens (tertiary/aromatic N) is 1. The third-order valence-corrected chi connectivity index (χ3v) is 5.70. The van der Waals surface area contributed by atoms with Crippen molar-refractivity contribution in [1.82, 2.24) is 5.32 Å². The molecule has 26 heavy (non-hydrogen) atoms. The van der Waals surface area contributed by atoms with Crippen molar-refractivity contribution >= 4 is 17.5 Å². The highest BCUT2D eigenvalue weighted by Gasteiger charge is 2.31.